The van der Waals surface area contributed by atoms with Crippen LogP contribution in [0.1, 0.15) is 35.6 Å². The largest absolute Gasteiger partial charge is 0.418 e. The zero-order valence-corrected chi connectivity index (χ0v) is 9.88. The molecule has 1 aliphatic rings. The maximum atomic E-state index is 13.0. The van der Waals surface area contributed by atoms with Gasteiger partial charge in [0.1, 0.15) is 0 Å². The van der Waals surface area contributed by atoms with Crippen LogP contribution < -0.4 is 0 Å². The van der Waals surface area contributed by atoms with Crippen molar-refractivity contribution in [2.24, 2.45) is 0 Å². The van der Waals surface area contributed by atoms with Gasteiger partial charge in [0, 0.05) is 17.0 Å². The summed E-state index contributed by atoms with van der Waals surface area (Å²) in [5, 5.41) is 0.592. The number of aryl methyl sites for hydroxylation is 1. The molecular weight excluding hydrogens is 239 g/mol. The van der Waals surface area contributed by atoms with Crippen LogP contribution in [0.4, 0.5) is 13.2 Å². The number of para-hydroxylation sites is 1. The van der Waals surface area contributed by atoms with Crippen molar-refractivity contribution in [2.45, 2.75) is 31.9 Å². The van der Waals surface area contributed by atoms with E-state index in [0.717, 1.165) is 30.2 Å². The Bertz CT molecular complexity index is 612. The Morgan fingerprint density at radius 1 is 1.22 bits per heavy atom. The van der Waals surface area contributed by atoms with E-state index < -0.39 is 11.7 Å². The fraction of sp³-hybridized carbons (Fsp3) is 0.357. The average molecular weight is 251 g/mol. The topological polar surface area (TPSA) is 12.9 Å². The molecule has 94 valence electrons. The number of benzene rings is 1. The maximum Gasteiger partial charge on any atom is 0.418 e. The SMILES string of the molecule is Cc1cc(C2CC2)nc2c(C(F)(F)F)cccc12. The Morgan fingerprint density at radius 2 is 1.94 bits per heavy atom. The number of fused-ring (bicyclic) bond motifs is 1. The summed E-state index contributed by atoms with van der Waals surface area (Å²) < 4.78 is 38.9. The highest BCUT2D eigenvalue weighted by Gasteiger charge is 2.34. The number of nitrogens with zero attached hydrogens (tertiary/aromatic N) is 1. The van der Waals surface area contributed by atoms with Crippen molar-refractivity contribution >= 4 is 10.9 Å². The van der Waals surface area contributed by atoms with E-state index in [0.29, 0.717) is 11.3 Å². The molecule has 18 heavy (non-hydrogen) atoms. The Balaban J connectivity index is 2.30. The lowest BCUT2D eigenvalue weighted by atomic mass is 10.0. The fourth-order valence-electron chi connectivity index (χ4n) is 2.26. The molecule has 0 bridgehead atoms. The number of hydrogen-bond acceptors (Lipinski definition) is 1. The molecule has 0 unspecified atom stereocenters. The summed E-state index contributed by atoms with van der Waals surface area (Å²) >= 11 is 0. The highest BCUT2D eigenvalue weighted by Crippen LogP contribution is 2.41. The molecule has 0 atom stereocenters. The minimum atomic E-state index is -4.35. The number of pyridine rings is 1. The third-order valence-electron chi connectivity index (χ3n) is 3.37. The Labute approximate surface area is 103 Å². The second-order valence-electron chi connectivity index (χ2n) is 4.84. The number of rotatable bonds is 1. The number of alkyl halides is 3. The van der Waals surface area contributed by atoms with Gasteiger partial charge in [-0.3, -0.25) is 4.98 Å². The summed E-state index contributed by atoms with van der Waals surface area (Å²) in [5.74, 6) is 0.356. The monoisotopic (exact) mass is 251 g/mol. The van der Waals surface area contributed by atoms with Crippen LogP contribution in [-0.2, 0) is 6.18 Å². The van der Waals surface area contributed by atoms with E-state index in [2.05, 4.69) is 4.98 Å². The molecule has 1 heterocycles. The molecule has 0 saturated heterocycles. The third-order valence-corrected chi connectivity index (χ3v) is 3.37. The molecule has 1 saturated carbocycles. The Morgan fingerprint density at radius 3 is 2.56 bits per heavy atom. The lowest BCUT2D eigenvalue weighted by Gasteiger charge is -2.12. The van der Waals surface area contributed by atoms with E-state index in [9.17, 15) is 13.2 Å². The van der Waals surface area contributed by atoms with Crippen LogP contribution in [-0.4, -0.2) is 4.98 Å². The molecular formula is C14H12F3N. The van der Waals surface area contributed by atoms with Gasteiger partial charge in [0.15, 0.2) is 0 Å². The van der Waals surface area contributed by atoms with Crippen LogP contribution in [0.2, 0.25) is 0 Å². The van der Waals surface area contributed by atoms with Crippen molar-refractivity contribution in [2.75, 3.05) is 0 Å². The molecule has 4 heteroatoms. The highest BCUT2D eigenvalue weighted by molar-refractivity contribution is 5.85. The van der Waals surface area contributed by atoms with Crippen LogP contribution in [0.15, 0.2) is 24.3 Å². The number of halogens is 3. The van der Waals surface area contributed by atoms with Crippen molar-refractivity contribution in [1.29, 1.82) is 0 Å². The van der Waals surface area contributed by atoms with Gasteiger partial charge >= 0.3 is 6.18 Å². The first-order valence-corrected chi connectivity index (χ1v) is 5.94. The first-order valence-electron chi connectivity index (χ1n) is 5.94. The van der Waals surface area contributed by atoms with Gasteiger partial charge in [-0.05, 0) is 37.5 Å². The van der Waals surface area contributed by atoms with Gasteiger partial charge in [-0.1, -0.05) is 12.1 Å². The quantitative estimate of drug-likeness (QED) is 0.730. The molecule has 0 aliphatic heterocycles. The Kier molecular flexibility index (Phi) is 2.37. The molecule has 3 rings (SSSR count). The molecule has 1 aromatic carbocycles. The van der Waals surface area contributed by atoms with Crippen molar-refractivity contribution in [3.63, 3.8) is 0 Å². The molecule has 1 nitrogen and oxygen atoms in total. The van der Waals surface area contributed by atoms with Crippen LogP contribution in [0, 0.1) is 6.92 Å². The maximum absolute atomic E-state index is 13.0. The summed E-state index contributed by atoms with van der Waals surface area (Å²) in [6.45, 7) is 1.84. The standard InChI is InChI=1S/C14H12F3N/c1-8-7-12(9-5-6-9)18-13-10(8)3-2-4-11(13)14(15,16)17/h2-4,7,9H,5-6H2,1H3. The fourth-order valence-corrected chi connectivity index (χ4v) is 2.26. The first-order chi connectivity index (χ1) is 8.47. The van der Waals surface area contributed by atoms with Crippen molar-refractivity contribution in [3.8, 4) is 0 Å². The minimum absolute atomic E-state index is 0.0897. The smallest absolute Gasteiger partial charge is 0.252 e. The summed E-state index contributed by atoms with van der Waals surface area (Å²) in [7, 11) is 0. The van der Waals surface area contributed by atoms with Crippen LogP contribution in [0.3, 0.4) is 0 Å². The predicted molar refractivity (Wildman–Crippen MR) is 63.5 cm³/mol. The van der Waals surface area contributed by atoms with Gasteiger partial charge in [-0.15, -0.1) is 0 Å². The van der Waals surface area contributed by atoms with E-state index in [-0.39, 0.29) is 5.52 Å². The molecule has 0 N–H and O–H groups in total. The first kappa shape index (κ1) is 11.5. The van der Waals surface area contributed by atoms with E-state index >= 15 is 0 Å². The van der Waals surface area contributed by atoms with Crippen LogP contribution in [0.25, 0.3) is 10.9 Å². The van der Waals surface area contributed by atoms with Gasteiger partial charge < -0.3 is 0 Å². The number of hydrogen-bond donors (Lipinski definition) is 0. The van der Waals surface area contributed by atoms with Crippen molar-refractivity contribution in [1.82, 2.24) is 4.98 Å². The van der Waals surface area contributed by atoms with Crippen LogP contribution >= 0.6 is 0 Å². The van der Waals surface area contributed by atoms with E-state index in [1.54, 1.807) is 6.07 Å². The lowest BCUT2D eigenvalue weighted by Crippen LogP contribution is -2.07. The van der Waals surface area contributed by atoms with Crippen molar-refractivity contribution < 1.29 is 13.2 Å². The molecule has 1 fully saturated rings. The van der Waals surface area contributed by atoms with Crippen LogP contribution in [0.5, 0.6) is 0 Å². The van der Waals surface area contributed by atoms with Gasteiger partial charge in [0.05, 0.1) is 11.1 Å². The number of aromatic nitrogens is 1. The average Bonchev–Trinajstić information content (AvgIpc) is 3.10. The summed E-state index contributed by atoms with van der Waals surface area (Å²) in [4.78, 5) is 4.24. The van der Waals surface area contributed by atoms with Crippen molar-refractivity contribution in [3.05, 3.63) is 41.1 Å². The van der Waals surface area contributed by atoms with Gasteiger partial charge in [-0.25, -0.2) is 0 Å². The Hall–Kier alpha value is -1.58. The third kappa shape index (κ3) is 1.85. The van der Waals surface area contributed by atoms with E-state index in [1.165, 1.54) is 6.07 Å². The van der Waals surface area contributed by atoms with Gasteiger partial charge in [-0.2, -0.15) is 13.2 Å². The molecule has 0 spiro atoms. The second-order valence-corrected chi connectivity index (χ2v) is 4.84. The molecule has 1 aliphatic carbocycles. The zero-order chi connectivity index (χ0) is 12.9. The normalized spacial score (nSPS) is 16.2. The predicted octanol–water partition coefficient (Wildman–Crippen LogP) is 4.44. The zero-order valence-electron chi connectivity index (χ0n) is 9.88. The summed E-state index contributed by atoms with van der Waals surface area (Å²) in [5.41, 5.74) is 1.13. The van der Waals surface area contributed by atoms with E-state index in [1.807, 2.05) is 13.0 Å². The molecule has 2 aromatic rings. The molecule has 0 radical (unpaired) electrons. The van der Waals surface area contributed by atoms with E-state index in [4.69, 9.17) is 0 Å². The second kappa shape index (κ2) is 3.70. The molecule has 0 amide bonds. The minimum Gasteiger partial charge on any atom is -0.252 e. The summed E-state index contributed by atoms with van der Waals surface area (Å²) in [6.07, 6.45) is -2.28. The lowest BCUT2D eigenvalue weighted by molar-refractivity contribution is -0.136. The highest BCUT2D eigenvalue weighted by atomic mass is 19.4. The molecule has 1 aromatic heterocycles. The van der Waals surface area contributed by atoms with Gasteiger partial charge in [0.25, 0.3) is 0 Å². The van der Waals surface area contributed by atoms with Gasteiger partial charge in [0.2, 0.25) is 0 Å². The summed E-state index contributed by atoms with van der Waals surface area (Å²) in [6, 6.07) is 6.16.